The number of aliphatic imine (C=N–C) groups is 1. The van der Waals surface area contributed by atoms with Crippen LogP contribution in [-0.4, -0.2) is 49.4 Å². The van der Waals surface area contributed by atoms with Gasteiger partial charge in [-0.25, -0.2) is 8.42 Å². The van der Waals surface area contributed by atoms with Gasteiger partial charge in [-0.05, 0) is 24.3 Å². The number of halogens is 6. The van der Waals surface area contributed by atoms with Gasteiger partial charge in [0.15, 0.2) is 15.0 Å². The minimum atomic E-state index is -5.10. The third-order valence-corrected chi connectivity index (χ3v) is 8.88. The van der Waals surface area contributed by atoms with E-state index in [0.29, 0.717) is 23.4 Å². The van der Waals surface area contributed by atoms with Crippen molar-refractivity contribution in [1.29, 1.82) is 0 Å². The van der Waals surface area contributed by atoms with E-state index in [1.54, 1.807) is 24.3 Å². The van der Waals surface area contributed by atoms with Crippen LogP contribution in [0.5, 0.6) is 5.75 Å². The minimum absolute atomic E-state index is 0.0146. The monoisotopic (exact) mass is 552 g/mol. The molecule has 2 heterocycles. The summed E-state index contributed by atoms with van der Waals surface area (Å²) >= 11 is 0.844. The van der Waals surface area contributed by atoms with Gasteiger partial charge in [-0.1, -0.05) is 30.0 Å². The molecule has 36 heavy (non-hydrogen) atoms. The van der Waals surface area contributed by atoms with Crippen LogP contribution in [0.4, 0.5) is 32.0 Å². The van der Waals surface area contributed by atoms with Crippen molar-refractivity contribution in [3.63, 3.8) is 0 Å². The van der Waals surface area contributed by atoms with Gasteiger partial charge in [0.05, 0.1) is 42.2 Å². The number of fused-ring (bicyclic) bond motifs is 1. The summed E-state index contributed by atoms with van der Waals surface area (Å²) < 4.78 is 110. The van der Waals surface area contributed by atoms with E-state index >= 15 is 0 Å². The molecule has 2 aromatic carbocycles. The lowest BCUT2D eigenvalue weighted by molar-refractivity contribution is -0.143. The number of thioether (sulfide) groups is 1. The largest absolute Gasteiger partial charge is 0.496 e. The van der Waals surface area contributed by atoms with Crippen molar-refractivity contribution in [3.05, 3.63) is 59.2 Å². The number of benzene rings is 2. The van der Waals surface area contributed by atoms with E-state index in [0.717, 1.165) is 16.7 Å². The number of carbonyl (C=O) groups excluding carboxylic acids is 1. The number of amidine groups is 1. The molecule has 0 aliphatic carbocycles. The van der Waals surface area contributed by atoms with Crippen LogP contribution >= 0.6 is 11.8 Å². The molecule has 2 aromatic rings. The molecule has 194 valence electrons. The fourth-order valence-corrected chi connectivity index (χ4v) is 8.03. The average Bonchev–Trinajstić information content (AvgIpc) is 3.22. The number of anilines is 1. The zero-order valence-corrected chi connectivity index (χ0v) is 20.1. The zero-order chi connectivity index (χ0) is 26.5. The van der Waals surface area contributed by atoms with E-state index in [1.165, 1.54) is 7.11 Å². The molecule has 2 aliphatic rings. The number of ether oxygens (including phenoxy) is 1. The van der Waals surface area contributed by atoms with E-state index in [1.807, 2.05) is 0 Å². The fourth-order valence-electron chi connectivity index (χ4n) is 4.10. The molecule has 2 saturated heterocycles. The van der Waals surface area contributed by atoms with Gasteiger partial charge in [-0.3, -0.25) is 4.79 Å². The number of nitrogens with zero attached hydrogens (tertiary/aromatic N) is 2. The van der Waals surface area contributed by atoms with E-state index < -0.39 is 62.0 Å². The molecule has 0 unspecified atom stereocenters. The van der Waals surface area contributed by atoms with Gasteiger partial charge in [0.25, 0.3) is 5.91 Å². The van der Waals surface area contributed by atoms with Crippen molar-refractivity contribution >= 4 is 38.4 Å². The summed E-state index contributed by atoms with van der Waals surface area (Å²) in [5, 5.41) is -0.871. The Kier molecular flexibility index (Phi) is 6.79. The van der Waals surface area contributed by atoms with Gasteiger partial charge in [0.1, 0.15) is 5.75 Å². The van der Waals surface area contributed by atoms with Gasteiger partial charge in [0.2, 0.25) is 0 Å². The van der Waals surface area contributed by atoms with Crippen LogP contribution in [-0.2, 0) is 33.4 Å². The Labute approximate surface area is 206 Å². The van der Waals surface area contributed by atoms with Crippen molar-refractivity contribution in [1.82, 2.24) is 0 Å². The number of sulfone groups is 1. The van der Waals surface area contributed by atoms with Crippen molar-refractivity contribution in [2.45, 2.75) is 30.1 Å². The molecule has 0 bridgehead atoms. The predicted molar refractivity (Wildman–Crippen MR) is 122 cm³/mol. The summed E-state index contributed by atoms with van der Waals surface area (Å²) in [5.74, 6) is -1.17. The first-order chi connectivity index (χ1) is 16.7. The molecule has 0 aromatic heterocycles. The van der Waals surface area contributed by atoms with Crippen LogP contribution in [0.1, 0.15) is 16.7 Å². The Balaban J connectivity index is 1.78. The Morgan fingerprint density at radius 2 is 1.67 bits per heavy atom. The number of amides is 1. The topological polar surface area (TPSA) is 76.0 Å². The second-order valence-corrected chi connectivity index (χ2v) is 11.6. The highest BCUT2D eigenvalue weighted by atomic mass is 32.2. The lowest BCUT2D eigenvalue weighted by atomic mass is 10.1. The molecule has 2 fully saturated rings. The number of para-hydroxylation sites is 1. The van der Waals surface area contributed by atoms with Crippen molar-refractivity contribution in [3.8, 4) is 5.75 Å². The van der Waals surface area contributed by atoms with Gasteiger partial charge < -0.3 is 9.64 Å². The summed E-state index contributed by atoms with van der Waals surface area (Å²) in [5.41, 5.74) is -3.18. The molecular formula is C22H18F6N2O4S2. The van der Waals surface area contributed by atoms with Crippen LogP contribution in [0.15, 0.2) is 47.5 Å². The lowest BCUT2D eigenvalue weighted by Gasteiger charge is -2.26. The molecule has 0 N–H and O–H groups in total. The molecule has 0 spiro atoms. The number of hydrogen-bond donors (Lipinski definition) is 0. The van der Waals surface area contributed by atoms with E-state index in [2.05, 4.69) is 4.99 Å². The van der Waals surface area contributed by atoms with Crippen molar-refractivity contribution < 1.29 is 44.3 Å². The second kappa shape index (κ2) is 9.29. The number of carbonyl (C=O) groups is 1. The number of hydrogen-bond acceptors (Lipinski definition) is 5. The van der Waals surface area contributed by atoms with E-state index in [4.69, 9.17) is 4.74 Å². The van der Waals surface area contributed by atoms with Crippen molar-refractivity contribution in [2.24, 2.45) is 4.99 Å². The Bertz CT molecular complexity index is 1290. The van der Waals surface area contributed by atoms with Crippen LogP contribution in [0.3, 0.4) is 0 Å². The predicted octanol–water partition coefficient (Wildman–Crippen LogP) is 4.58. The molecule has 4 rings (SSSR count). The maximum absolute atomic E-state index is 13.5. The van der Waals surface area contributed by atoms with E-state index in [-0.39, 0.29) is 23.4 Å². The van der Waals surface area contributed by atoms with Crippen LogP contribution < -0.4 is 9.64 Å². The van der Waals surface area contributed by atoms with Gasteiger partial charge in [0, 0.05) is 16.5 Å². The summed E-state index contributed by atoms with van der Waals surface area (Å²) in [4.78, 5) is 17.7. The highest BCUT2D eigenvalue weighted by Gasteiger charge is 2.50. The second-order valence-electron chi connectivity index (χ2n) is 8.21. The third-order valence-electron chi connectivity index (χ3n) is 5.67. The van der Waals surface area contributed by atoms with Gasteiger partial charge in [-0.15, -0.1) is 0 Å². The molecule has 2 aliphatic heterocycles. The molecule has 6 nitrogen and oxygen atoms in total. The van der Waals surface area contributed by atoms with Gasteiger partial charge in [-0.2, -0.15) is 31.3 Å². The van der Waals surface area contributed by atoms with Crippen molar-refractivity contribution in [2.75, 3.05) is 23.5 Å². The summed E-state index contributed by atoms with van der Waals surface area (Å²) in [7, 11) is -2.20. The molecule has 0 radical (unpaired) electrons. The average molecular weight is 553 g/mol. The number of rotatable bonds is 4. The molecule has 14 heteroatoms. The highest BCUT2D eigenvalue weighted by molar-refractivity contribution is 8.16. The summed E-state index contributed by atoms with van der Waals surface area (Å²) in [6, 6.07) is 6.57. The maximum Gasteiger partial charge on any atom is 0.416 e. The Morgan fingerprint density at radius 3 is 2.25 bits per heavy atom. The van der Waals surface area contributed by atoms with Crippen LogP contribution in [0.25, 0.3) is 0 Å². The quantitative estimate of drug-likeness (QED) is 0.518. The first-order valence-electron chi connectivity index (χ1n) is 10.4. The first-order valence-corrected chi connectivity index (χ1v) is 13.1. The molecule has 0 saturated carbocycles. The summed E-state index contributed by atoms with van der Waals surface area (Å²) in [6.45, 7) is 0. The molecule has 1 amide bonds. The smallest absolute Gasteiger partial charge is 0.416 e. The first kappa shape index (κ1) is 26.3. The number of methoxy groups -OCH3 is 1. The zero-order valence-electron chi connectivity index (χ0n) is 18.4. The lowest BCUT2D eigenvalue weighted by Crippen LogP contribution is -2.38. The molecular weight excluding hydrogens is 534 g/mol. The Morgan fingerprint density at radius 1 is 1.06 bits per heavy atom. The van der Waals surface area contributed by atoms with Gasteiger partial charge >= 0.3 is 12.4 Å². The highest BCUT2D eigenvalue weighted by Crippen LogP contribution is 2.44. The Hall–Kier alpha value is -2.74. The normalized spacial score (nSPS) is 22.6. The van der Waals surface area contributed by atoms with E-state index in [9.17, 15) is 39.6 Å². The third kappa shape index (κ3) is 5.48. The number of alkyl halides is 6. The maximum atomic E-state index is 13.5. The SMILES string of the molecule is COc1ccccc1CC(=O)N=C1S[C@@H]2CS(=O)(=O)C[C@@H]2N1c1cc(C(F)(F)F)cc(C(F)(F)F)c1. The standard InChI is InChI=1S/C22H18F6N2O4S2/c1-34-17-5-3-2-4-12(17)6-19(31)29-20-30(16-10-36(32,33)11-18(16)35-20)15-8-13(21(23,24)25)7-14(9-15)22(26,27)28/h2-5,7-9,16,18H,6,10-11H2,1H3/t16-,18+/m0/s1. The molecule has 2 atom stereocenters. The summed E-state index contributed by atoms with van der Waals surface area (Å²) in [6.07, 6.45) is -10.4. The fraction of sp³-hybridized carbons (Fsp3) is 0.364. The van der Waals surface area contributed by atoms with Crippen LogP contribution in [0, 0.1) is 0 Å². The van der Waals surface area contributed by atoms with Crippen LogP contribution in [0.2, 0.25) is 0 Å². The minimum Gasteiger partial charge on any atom is -0.496 e.